The fraction of sp³-hybridized carbons (Fsp3) is 0.273. The van der Waals surface area contributed by atoms with Gasteiger partial charge in [0.2, 0.25) is 0 Å². The van der Waals surface area contributed by atoms with Crippen molar-refractivity contribution in [3.8, 4) is 0 Å². The molecule has 64 valence electrons. The van der Waals surface area contributed by atoms with Gasteiger partial charge in [-0.3, -0.25) is 0 Å². The molecular weight excluding hydrogens is 151 g/mol. The molecule has 1 aromatic carbocycles. The molecule has 12 heavy (non-hydrogen) atoms. The van der Waals surface area contributed by atoms with Crippen LogP contribution in [0.4, 0.5) is 4.39 Å². The third-order valence-corrected chi connectivity index (χ3v) is 2.00. The van der Waals surface area contributed by atoms with Gasteiger partial charge in [0.1, 0.15) is 5.82 Å². The minimum absolute atomic E-state index is 0.114. The summed E-state index contributed by atoms with van der Waals surface area (Å²) in [5, 5.41) is 0. The van der Waals surface area contributed by atoms with Crippen molar-refractivity contribution in [1.82, 2.24) is 0 Å². The van der Waals surface area contributed by atoms with Crippen molar-refractivity contribution in [1.29, 1.82) is 0 Å². The fourth-order valence-electron chi connectivity index (χ4n) is 1.18. The van der Waals surface area contributed by atoms with Gasteiger partial charge in [-0.05, 0) is 37.0 Å². The lowest BCUT2D eigenvalue weighted by atomic mass is 10.0. The first-order valence-corrected chi connectivity index (χ1v) is 4.10. The zero-order valence-corrected chi connectivity index (χ0v) is 7.31. The molecule has 0 aliphatic heterocycles. The average molecular weight is 164 g/mol. The van der Waals surface area contributed by atoms with Crippen molar-refractivity contribution >= 4 is 0 Å². The smallest absolute Gasteiger partial charge is 0.126 e. The van der Waals surface area contributed by atoms with Crippen molar-refractivity contribution in [2.24, 2.45) is 0 Å². The van der Waals surface area contributed by atoms with Crippen LogP contribution >= 0.6 is 0 Å². The molecule has 0 aromatic heterocycles. The fourth-order valence-corrected chi connectivity index (χ4v) is 1.18. The van der Waals surface area contributed by atoms with Crippen LogP contribution in [0, 0.1) is 12.7 Å². The molecule has 0 heterocycles. The highest BCUT2D eigenvalue weighted by Gasteiger charge is 2.00. The van der Waals surface area contributed by atoms with Gasteiger partial charge in [-0.1, -0.05) is 18.2 Å². The second-order valence-electron chi connectivity index (χ2n) is 2.85. The Morgan fingerprint density at radius 3 is 2.92 bits per heavy atom. The van der Waals surface area contributed by atoms with Crippen LogP contribution in [0.3, 0.4) is 0 Å². The molecule has 0 atom stereocenters. The third kappa shape index (κ3) is 1.94. The maximum atomic E-state index is 13.0. The largest absolute Gasteiger partial charge is 0.207 e. The van der Waals surface area contributed by atoms with Crippen LogP contribution in [0.1, 0.15) is 17.5 Å². The summed E-state index contributed by atoms with van der Waals surface area (Å²) in [6, 6.07) is 5.20. The molecule has 0 aliphatic carbocycles. The van der Waals surface area contributed by atoms with Gasteiger partial charge in [0.25, 0.3) is 0 Å². The Morgan fingerprint density at radius 1 is 1.50 bits per heavy atom. The molecule has 0 N–H and O–H groups in total. The van der Waals surface area contributed by atoms with E-state index in [-0.39, 0.29) is 5.82 Å². The summed E-state index contributed by atoms with van der Waals surface area (Å²) in [5.41, 5.74) is 1.84. The quantitative estimate of drug-likeness (QED) is 0.601. The van der Waals surface area contributed by atoms with Crippen LogP contribution in [-0.2, 0) is 6.42 Å². The summed E-state index contributed by atoms with van der Waals surface area (Å²) in [7, 11) is 0. The van der Waals surface area contributed by atoms with Gasteiger partial charge in [-0.2, -0.15) is 0 Å². The Morgan fingerprint density at radius 2 is 2.25 bits per heavy atom. The van der Waals surface area contributed by atoms with E-state index in [4.69, 9.17) is 0 Å². The lowest BCUT2D eigenvalue weighted by Crippen LogP contribution is -1.91. The van der Waals surface area contributed by atoms with E-state index in [1.54, 1.807) is 6.07 Å². The van der Waals surface area contributed by atoms with Crippen molar-refractivity contribution < 1.29 is 4.39 Å². The SMILES string of the molecule is C=CCCc1cccc(F)c1C. The van der Waals surface area contributed by atoms with Crippen LogP contribution in [0.2, 0.25) is 0 Å². The number of halogens is 1. The number of allylic oxidation sites excluding steroid dienone is 1. The standard InChI is InChI=1S/C11H13F/c1-3-4-6-10-7-5-8-11(12)9(10)2/h3,5,7-8H,1,4,6H2,2H3. The molecule has 0 saturated heterocycles. The second kappa shape index (κ2) is 4.05. The summed E-state index contributed by atoms with van der Waals surface area (Å²) in [6.07, 6.45) is 3.64. The molecule has 0 nitrogen and oxygen atoms in total. The molecule has 0 aliphatic rings. The first-order chi connectivity index (χ1) is 5.75. The Bertz CT molecular complexity index is 276. The van der Waals surface area contributed by atoms with Crippen LogP contribution in [-0.4, -0.2) is 0 Å². The first kappa shape index (κ1) is 8.98. The minimum atomic E-state index is -0.114. The van der Waals surface area contributed by atoms with Gasteiger partial charge >= 0.3 is 0 Å². The summed E-state index contributed by atoms with van der Waals surface area (Å²) in [4.78, 5) is 0. The van der Waals surface area contributed by atoms with E-state index in [1.165, 1.54) is 6.07 Å². The van der Waals surface area contributed by atoms with E-state index in [9.17, 15) is 4.39 Å². The number of hydrogen-bond donors (Lipinski definition) is 0. The predicted octanol–water partition coefficient (Wildman–Crippen LogP) is 3.25. The van der Waals surface area contributed by atoms with Gasteiger partial charge in [0.15, 0.2) is 0 Å². The Balaban J connectivity index is 2.84. The highest BCUT2D eigenvalue weighted by atomic mass is 19.1. The Kier molecular flexibility index (Phi) is 3.03. The van der Waals surface area contributed by atoms with Crippen molar-refractivity contribution in [2.75, 3.05) is 0 Å². The second-order valence-corrected chi connectivity index (χ2v) is 2.85. The Hall–Kier alpha value is -1.11. The van der Waals surface area contributed by atoms with Gasteiger partial charge in [-0.25, -0.2) is 4.39 Å². The highest BCUT2D eigenvalue weighted by Crippen LogP contribution is 2.13. The molecule has 0 bridgehead atoms. The van der Waals surface area contributed by atoms with Gasteiger partial charge < -0.3 is 0 Å². The molecule has 0 unspecified atom stereocenters. The van der Waals surface area contributed by atoms with E-state index < -0.39 is 0 Å². The molecule has 0 radical (unpaired) electrons. The predicted molar refractivity (Wildman–Crippen MR) is 49.7 cm³/mol. The van der Waals surface area contributed by atoms with Crippen LogP contribution < -0.4 is 0 Å². The monoisotopic (exact) mass is 164 g/mol. The first-order valence-electron chi connectivity index (χ1n) is 4.10. The zero-order chi connectivity index (χ0) is 8.97. The maximum absolute atomic E-state index is 13.0. The van der Waals surface area contributed by atoms with Crippen molar-refractivity contribution in [2.45, 2.75) is 19.8 Å². The summed E-state index contributed by atoms with van der Waals surface area (Å²) in [6.45, 7) is 5.45. The van der Waals surface area contributed by atoms with Gasteiger partial charge in [0, 0.05) is 0 Å². The van der Waals surface area contributed by atoms with Gasteiger partial charge in [-0.15, -0.1) is 6.58 Å². The van der Waals surface area contributed by atoms with Gasteiger partial charge in [0.05, 0.1) is 0 Å². The minimum Gasteiger partial charge on any atom is -0.207 e. The molecule has 1 heteroatoms. The van der Waals surface area contributed by atoms with Crippen LogP contribution in [0.15, 0.2) is 30.9 Å². The maximum Gasteiger partial charge on any atom is 0.126 e. The normalized spacial score (nSPS) is 9.83. The topological polar surface area (TPSA) is 0 Å². The lowest BCUT2D eigenvalue weighted by molar-refractivity contribution is 0.615. The molecule has 0 saturated carbocycles. The lowest BCUT2D eigenvalue weighted by Gasteiger charge is -2.03. The average Bonchev–Trinajstić information content (AvgIpc) is 2.08. The summed E-state index contributed by atoms with van der Waals surface area (Å²) >= 11 is 0. The van der Waals surface area contributed by atoms with E-state index in [1.807, 2.05) is 19.1 Å². The van der Waals surface area contributed by atoms with Crippen molar-refractivity contribution in [3.05, 3.63) is 47.8 Å². The van der Waals surface area contributed by atoms with Crippen LogP contribution in [0.5, 0.6) is 0 Å². The Labute approximate surface area is 72.7 Å². The molecule has 1 aromatic rings. The number of rotatable bonds is 3. The van der Waals surface area contributed by atoms with Crippen molar-refractivity contribution in [3.63, 3.8) is 0 Å². The summed E-state index contributed by atoms with van der Waals surface area (Å²) in [5.74, 6) is -0.114. The number of hydrogen-bond acceptors (Lipinski definition) is 0. The zero-order valence-electron chi connectivity index (χ0n) is 7.31. The van der Waals surface area contributed by atoms with E-state index in [0.717, 1.165) is 24.0 Å². The van der Waals surface area contributed by atoms with E-state index >= 15 is 0 Å². The molecular formula is C11H13F. The van der Waals surface area contributed by atoms with Crippen LogP contribution in [0.25, 0.3) is 0 Å². The molecule has 0 amide bonds. The van der Waals surface area contributed by atoms with E-state index in [0.29, 0.717) is 0 Å². The molecule has 0 fully saturated rings. The molecule has 0 spiro atoms. The summed E-state index contributed by atoms with van der Waals surface area (Å²) < 4.78 is 13.0. The van der Waals surface area contributed by atoms with E-state index in [2.05, 4.69) is 6.58 Å². The number of benzene rings is 1. The third-order valence-electron chi connectivity index (χ3n) is 2.00. The number of aryl methyl sites for hydroxylation is 1. The molecule has 1 rings (SSSR count). The highest BCUT2D eigenvalue weighted by molar-refractivity contribution is 5.27.